The number of aliphatic imine (C=N–C) groups is 1. The lowest BCUT2D eigenvalue weighted by molar-refractivity contribution is -0.139. The quantitative estimate of drug-likeness (QED) is 0.715. The van der Waals surface area contributed by atoms with E-state index < -0.39 is 12.0 Å². The van der Waals surface area contributed by atoms with Crippen molar-refractivity contribution in [3.63, 3.8) is 0 Å². The average Bonchev–Trinajstić information content (AvgIpc) is 2.54. The second-order valence-electron chi connectivity index (χ2n) is 5.54. The van der Waals surface area contributed by atoms with E-state index in [1.54, 1.807) is 36.9 Å². The van der Waals surface area contributed by atoms with Gasteiger partial charge in [-0.15, -0.1) is 0 Å². The monoisotopic (exact) mass is 398 g/mol. The van der Waals surface area contributed by atoms with E-state index in [-0.39, 0.29) is 12.5 Å². The third-order valence-corrected chi connectivity index (χ3v) is 5.48. The zero-order valence-corrected chi connectivity index (χ0v) is 16.0. The smallest absolute Gasteiger partial charge is 0.338 e. The van der Waals surface area contributed by atoms with Gasteiger partial charge in [0.05, 0.1) is 23.9 Å². The van der Waals surface area contributed by atoms with Crippen LogP contribution in [0.25, 0.3) is 0 Å². The molecule has 1 atom stereocenters. The van der Waals surface area contributed by atoms with Crippen LogP contribution in [0.4, 0.5) is 0 Å². The Balaban J connectivity index is 2.19. The van der Waals surface area contributed by atoms with Crippen LogP contribution in [0, 0.1) is 0 Å². The lowest BCUT2D eigenvalue weighted by Gasteiger charge is -2.39. The molecule has 0 aromatic heterocycles. The van der Waals surface area contributed by atoms with Crippen LogP contribution in [-0.2, 0) is 14.3 Å². The van der Waals surface area contributed by atoms with Gasteiger partial charge in [0.2, 0.25) is 5.91 Å². The molecule has 3 rings (SSSR count). The van der Waals surface area contributed by atoms with Gasteiger partial charge in [0.15, 0.2) is 5.17 Å². The van der Waals surface area contributed by atoms with E-state index >= 15 is 0 Å². The average molecular weight is 399 g/mol. The first kappa shape index (κ1) is 18.3. The number of ether oxygens (including phenoxy) is 1. The van der Waals surface area contributed by atoms with Gasteiger partial charge in [-0.3, -0.25) is 9.69 Å². The molecule has 2 heterocycles. The molecule has 1 fully saturated rings. The van der Waals surface area contributed by atoms with Crippen molar-refractivity contribution in [2.75, 3.05) is 12.4 Å². The molecular formula is C17H16Cl2N2O3S. The highest BCUT2D eigenvalue weighted by Gasteiger charge is 2.42. The van der Waals surface area contributed by atoms with Crippen LogP contribution >= 0.6 is 35.0 Å². The van der Waals surface area contributed by atoms with Crippen molar-refractivity contribution < 1.29 is 14.3 Å². The number of allylic oxidation sites excluding steroid dienone is 1. The van der Waals surface area contributed by atoms with E-state index in [4.69, 9.17) is 27.9 Å². The van der Waals surface area contributed by atoms with Crippen LogP contribution in [-0.4, -0.2) is 34.3 Å². The minimum atomic E-state index is -0.670. The molecule has 2 aliphatic heterocycles. The van der Waals surface area contributed by atoms with Gasteiger partial charge in [-0.1, -0.05) is 41.0 Å². The Morgan fingerprint density at radius 2 is 2.20 bits per heavy atom. The number of hydrogen-bond acceptors (Lipinski definition) is 5. The zero-order chi connectivity index (χ0) is 18.1. The molecule has 0 N–H and O–H groups in total. The molecule has 0 saturated carbocycles. The maximum atomic E-state index is 12.6. The van der Waals surface area contributed by atoms with Gasteiger partial charge in [-0.2, -0.15) is 0 Å². The third kappa shape index (κ3) is 3.43. The zero-order valence-electron chi connectivity index (χ0n) is 13.7. The number of esters is 1. The fourth-order valence-corrected chi connectivity index (χ4v) is 4.40. The highest BCUT2D eigenvalue weighted by atomic mass is 35.5. The van der Waals surface area contributed by atoms with Crippen molar-refractivity contribution in [2.24, 2.45) is 4.99 Å². The van der Waals surface area contributed by atoms with E-state index in [0.717, 1.165) is 0 Å². The molecule has 1 amide bonds. The highest BCUT2D eigenvalue weighted by Crippen LogP contribution is 2.42. The fraction of sp³-hybridized carbons (Fsp3) is 0.353. The summed E-state index contributed by atoms with van der Waals surface area (Å²) in [5.74, 6) is 0.0714. The standard InChI is InChI=1S/C17H16Cl2N2O3S/c1-3-24-16(23)14-9(2)20-17-21(13(22)6-7-25-17)15(14)11-5-4-10(18)8-12(11)19/h4-5,8,15H,3,6-7H2,1-2H3. The summed E-state index contributed by atoms with van der Waals surface area (Å²) >= 11 is 13.9. The summed E-state index contributed by atoms with van der Waals surface area (Å²) in [6.07, 6.45) is 0.376. The van der Waals surface area contributed by atoms with E-state index in [1.807, 2.05) is 0 Å². The lowest BCUT2D eigenvalue weighted by atomic mass is 9.94. The molecule has 1 aromatic rings. The number of carbonyl (C=O) groups excluding carboxylic acids is 2. The van der Waals surface area contributed by atoms with Crippen LogP contribution in [0.3, 0.4) is 0 Å². The summed E-state index contributed by atoms with van der Waals surface area (Å²) in [7, 11) is 0. The predicted molar refractivity (Wildman–Crippen MR) is 99.9 cm³/mol. The number of carbonyl (C=O) groups is 2. The number of benzene rings is 1. The first-order chi connectivity index (χ1) is 11.9. The molecular weight excluding hydrogens is 383 g/mol. The molecule has 2 aliphatic rings. The molecule has 0 radical (unpaired) electrons. The number of halogens is 2. The Morgan fingerprint density at radius 3 is 2.88 bits per heavy atom. The van der Waals surface area contributed by atoms with Gasteiger partial charge < -0.3 is 4.74 Å². The number of nitrogens with zero attached hydrogens (tertiary/aromatic N) is 2. The first-order valence-corrected chi connectivity index (χ1v) is 9.54. The van der Waals surface area contributed by atoms with Crippen LogP contribution in [0.2, 0.25) is 10.0 Å². The number of amides is 1. The van der Waals surface area contributed by atoms with Crippen molar-refractivity contribution in [1.82, 2.24) is 4.90 Å². The van der Waals surface area contributed by atoms with Gasteiger partial charge >= 0.3 is 5.97 Å². The molecule has 5 nitrogen and oxygen atoms in total. The Kier molecular flexibility index (Phi) is 5.41. The Hall–Kier alpha value is -1.50. The largest absolute Gasteiger partial charge is 0.463 e. The van der Waals surface area contributed by atoms with Gasteiger partial charge in [-0.25, -0.2) is 9.79 Å². The van der Waals surface area contributed by atoms with Gasteiger partial charge in [0.1, 0.15) is 0 Å². The molecule has 0 aliphatic carbocycles. The fourth-order valence-electron chi connectivity index (χ4n) is 2.88. The number of amidine groups is 1. The van der Waals surface area contributed by atoms with Crippen LogP contribution in [0.5, 0.6) is 0 Å². The molecule has 0 spiro atoms. The van der Waals surface area contributed by atoms with Gasteiger partial charge in [0, 0.05) is 22.2 Å². The molecule has 1 saturated heterocycles. The minimum absolute atomic E-state index is 0.0946. The summed E-state index contributed by atoms with van der Waals surface area (Å²) < 4.78 is 5.20. The summed E-state index contributed by atoms with van der Waals surface area (Å²) in [4.78, 5) is 31.2. The van der Waals surface area contributed by atoms with Crippen molar-refractivity contribution in [3.05, 3.63) is 45.1 Å². The summed E-state index contributed by atoms with van der Waals surface area (Å²) in [6, 6.07) is 4.35. The number of rotatable bonds is 3. The number of thioether (sulfide) groups is 1. The molecule has 132 valence electrons. The summed E-state index contributed by atoms with van der Waals surface area (Å²) in [6.45, 7) is 3.71. The maximum Gasteiger partial charge on any atom is 0.338 e. The second-order valence-corrected chi connectivity index (χ2v) is 7.45. The van der Waals surface area contributed by atoms with E-state index in [1.165, 1.54) is 11.8 Å². The van der Waals surface area contributed by atoms with Crippen LogP contribution < -0.4 is 0 Å². The van der Waals surface area contributed by atoms with Crippen LogP contribution in [0.1, 0.15) is 31.9 Å². The van der Waals surface area contributed by atoms with Crippen molar-refractivity contribution in [1.29, 1.82) is 0 Å². The van der Waals surface area contributed by atoms with E-state index in [0.29, 0.717) is 44.2 Å². The predicted octanol–water partition coefficient (Wildman–Crippen LogP) is 4.21. The lowest BCUT2D eigenvalue weighted by Crippen LogP contribution is -2.46. The van der Waals surface area contributed by atoms with Crippen molar-refractivity contribution in [2.45, 2.75) is 26.3 Å². The van der Waals surface area contributed by atoms with Crippen molar-refractivity contribution >= 4 is 52.0 Å². The second kappa shape index (κ2) is 7.40. The van der Waals surface area contributed by atoms with Crippen LogP contribution in [0.15, 0.2) is 34.5 Å². The number of fused-ring (bicyclic) bond motifs is 1. The minimum Gasteiger partial charge on any atom is -0.463 e. The maximum absolute atomic E-state index is 12.6. The third-order valence-electron chi connectivity index (χ3n) is 3.96. The summed E-state index contributed by atoms with van der Waals surface area (Å²) in [5.41, 5.74) is 1.48. The van der Waals surface area contributed by atoms with E-state index in [2.05, 4.69) is 4.99 Å². The molecule has 1 unspecified atom stereocenters. The normalized spacial score (nSPS) is 20.3. The molecule has 1 aromatic carbocycles. The molecule has 8 heteroatoms. The Morgan fingerprint density at radius 1 is 1.44 bits per heavy atom. The SMILES string of the molecule is CCOC(=O)C1=C(C)N=C2SCCC(=O)N2C1c1ccc(Cl)cc1Cl. The topological polar surface area (TPSA) is 59.0 Å². The van der Waals surface area contributed by atoms with Gasteiger partial charge in [-0.05, 0) is 31.5 Å². The van der Waals surface area contributed by atoms with Crippen molar-refractivity contribution in [3.8, 4) is 0 Å². The first-order valence-electron chi connectivity index (χ1n) is 7.80. The Bertz CT molecular complexity index is 807. The van der Waals surface area contributed by atoms with E-state index in [9.17, 15) is 9.59 Å². The molecule has 0 bridgehead atoms. The molecule has 25 heavy (non-hydrogen) atoms. The highest BCUT2D eigenvalue weighted by molar-refractivity contribution is 8.14. The number of hydrogen-bond donors (Lipinski definition) is 0. The Labute approximate surface area is 160 Å². The summed E-state index contributed by atoms with van der Waals surface area (Å²) in [5, 5.41) is 1.45. The van der Waals surface area contributed by atoms with Gasteiger partial charge in [0.25, 0.3) is 0 Å².